The number of methoxy groups -OCH3 is 1. The van der Waals surface area contributed by atoms with E-state index in [1.165, 1.54) is 29.6 Å². The van der Waals surface area contributed by atoms with E-state index in [9.17, 15) is 13.2 Å². The fourth-order valence-corrected chi connectivity index (χ4v) is 5.34. The quantitative estimate of drug-likeness (QED) is 0.648. The fraction of sp³-hybridized carbons (Fsp3) is 0.304. The molecule has 162 valence electrons. The van der Waals surface area contributed by atoms with Crippen molar-refractivity contribution in [1.82, 2.24) is 9.29 Å². The van der Waals surface area contributed by atoms with E-state index in [2.05, 4.69) is 10.3 Å². The topological polar surface area (TPSA) is 88.6 Å². The largest absolute Gasteiger partial charge is 0.496 e. The first-order chi connectivity index (χ1) is 15.0. The number of ether oxygens (including phenoxy) is 1. The molecule has 31 heavy (non-hydrogen) atoms. The van der Waals surface area contributed by atoms with Gasteiger partial charge in [0.2, 0.25) is 10.0 Å². The summed E-state index contributed by atoms with van der Waals surface area (Å²) in [4.78, 5) is 17.5. The first-order valence-electron chi connectivity index (χ1n) is 10.3. The van der Waals surface area contributed by atoms with Crippen LogP contribution in [-0.2, 0) is 10.0 Å². The zero-order chi connectivity index (χ0) is 21.8. The van der Waals surface area contributed by atoms with Crippen LogP contribution >= 0.6 is 0 Å². The second-order valence-corrected chi connectivity index (χ2v) is 9.49. The summed E-state index contributed by atoms with van der Waals surface area (Å²) in [6.07, 6.45) is 5.32. The lowest BCUT2D eigenvalue weighted by Gasteiger charge is -2.20. The van der Waals surface area contributed by atoms with Gasteiger partial charge in [-0.05, 0) is 43.2 Å². The van der Waals surface area contributed by atoms with Crippen LogP contribution in [-0.4, -0.2) is 43.8 Å². The van der Waals surface area contributed by atoms with Crippen molar-refractivity contribution in [1.29, 1.82) is 0 Å². The van der Waals surface area contributed by atoms with Gasteiger partial charge >= 0.3 is 0 Å². The van der Waals surface area contributed by atoms with Crippen molar-refractivity contribution in [2.45, 2.75) is 30.6 Å². The molecule has 1 saturated heterocycles. The van der Waals surface area contributed by atoms with E-state index < -0.39 is 15.9 Å². The van der Waals surface area contributed by atoms with Crippen LogP contribution in [0.2, 0.25) is 0 Å². The average Bonchev–Trinajstić information content (AvgIpc) is 3.09. The van der Waals surface area contributed by atoms with Gasteiger partial charge in [-0.25, -0.2) is 8.42 Å². The van der Waals surface area contributed by atoms with Crippen LogP contribution in [0.4, 0.5) is 5.69 Å². The van der Waals surface area contributed by atoms with Gasteiger partial charge in [0.25, 0.3) is 5.91 Å². The Morgan fingerprint density at radius 2 is 1.77 bits per heavy atom. The molecule has 4 rings (SSSR count). The number of pyridine rings is 1. The summed E-state index contributed by atoms with van der Waals surface area (Å²) in [5.41, 5.74) is 1.50. The van der Waals surface area contributed by atoms with E-state index >= 15 is 0 Å². The molecule has 0 saturated carbocycles. The van der Waals surface area contributed by atoms with E-state index in [0.29, 0.717) is 24.5 Å². The highest BCUT2D eigenvalue weighted by Gasteiger charge is 2.27. The highest BCUT2D eigenvalue weighted by Crippen LogP contribution is 2.27. The summed E-state index contributed by atoms with van der Waals surface area (Å²) in [5.74, 6) is -0.150. The number of hydrogen-bond donors (Lipinski definition) is 1. The molecular formula is C23H25N3O4S. The minimum absolute atomic E-state index is 0.0944. The average molecular weight is 440 g/mol. The Labute approximate surface area is 182 Å². The predicted octanol–water partition coefficient (Wildman–Crippen LogP) is 4.06. The third-order valence-electron chi connectivity index (χ3n) is 5.47. The molecule has 0 bridgehead atoms. The Bertz CT molecular complexity index is 1200. The van der Waals surface area contributed by atoms with Crippen LogP contribution in [0, 0.1) is 0 Å². The molecule has 1 amide bonds. The molecule has 7 nitrogen and oxygen atoms in total. The van der Waals surface area contributed by atoms with Crippen molar-refractivity contribution >= 4 is 32.5 Å². The summed E-state index contributed by atoms with van der Waals surface area (Å²) in [6, 6.07) is 13.8. The highest BCUT2D eigenvalue weighted by atomic mass is 32.2. The monoisotopic (exact) mass is 439 g/mol. The maximum absolute atomic E-state index is 13.2. The van der Waals surface area contributed by atoms with E-state index in [1.807, 2.05) is 30.3 Å². The zero-order valence-electron chi connectivity index (χ0n) is 17.4. The van der Waals surface area contributed by atoms with Gasteiger partial charge < -0.3 is 10.1 Å². The lowest BCUT2D eigenvalue weighted by molar-refractivity contribution is 0.102. The lowest BCUT2D eigenvalue weighted by atomic mass is 10.1. The van der Waals surface area contributed by atoms with E-state index in [0.717, 1.165) is 36.6 Å². The number of hydrogen-bond acceptors (Lipinski definition) is 5. The Kier molecular flexibility index (Phi) is 6.20. The second kappa shape index (κ2) is 9.03. The number of sulfonamides is 1. The van der Waals surface area contributed by atoms with Crippen molar-refractivity contribution in [3.8, 4) is 5.75 Å². The third kappa shape index (κ3) is 4.55. The van der Waals surface area contributed by atoms with Crippen LogP contribution < -0.4 is 10.1 Å². The smallest absolute Gasteiger partial charge is 0.259 e. The van der Waals surface area contributed by atoms with Crippen molar-refractivity contribution in [3.63, 3.8) is 0 Å². The van der Waals surface area contributed by atoms with Gasteiger partial charge in [0.15, 0.2) is 0 Å². The Hall–Kier alpha value is -2.97. The van der Waals surface area contributed by atoms with Gasteiger partial charge in [-0.15, -0.1) is 0 Å². The number of benzene rings is 2. The summed E-state index contributed by atoms with van der Waals surface area (Å²) < 4.78 is 33.2. The highest BCUT2D eigenvalue weighted by molar-refractivity contribution is 7.89. The van der Waals surface area contributed by atoms with Gasteiger partial charge in [-0.1, -0.05) is 31.0 Å². The maximum atomic E-state index is 13.2. The molecule has 1 fully saturated rings. The number of carbonyl (C=O) groups excluding carboxylic acids is 1. The van der Waals surface area contributed by atoms with Crippen molar-refractivity contribution < 1.29 is 17.9 Å². The molecule has 2 heterocycles. The molecule has 3 aromatic rings. The summed E-state index contributed by atoms with van der Waals surface area (Å²) in [5, 5.41) is 3.70. The SMILES string of the molecule is COc1ccc(S(=O)(=O)N2CCCCCC2)cc1C(=O)Nc1cnc2ccccc2c1. The minimum atomic E-state index is -3.68. The number of rotatable bonds is 5. The molecule has 1 N–H and O–H groups in total. The molecule has 0 unspecified atom stereocenters. The fourth-order valence-electron chi connectivity index (χ4n) is 3.79. The molecule has 0 aliphatic carbocycles. The maximum Gasteiger partial charge on any atom is 0.259 e. The molecule has 1 aromatic heterocycles. The molecule has 0 atom stereocenters. The Morgan fingerprint density at radius 1 is 1.03 bits per heavy atom. The number of nitrogens with one attached hydrogen (secondary N) is 1. The van der Waals surface area contributed by atoms with Gasteiger partial charge in [-0.2, -0.15) is 4.31 Å². The summed E-state index contributed by atoms with van der Waals surface area (Å²) >= 11 is 0. The van der Waals surface area contributed by atoms with E-state index in [4.69, 9.17) is 4.74 Å². The van der Waals surface area contributed by atoms with Gasteiger partial charge in [0.1, 0.15) is 5.75 Å². The molecule has 2 aromatic carbocycles. The molecule has 1 aliphatic heterocycles. The third-order valence-corrected chi connectivity index (χ3v) is 7.36. The predicted molar refractivity (Wildman–Crippen MR) is 120 cm³/mol. The van der Waals surface area contributed by atoms with Crippen molar-refractivity contribution in [2.75, 3.05) is 25.5 Å². The summed E-state index contributed by atoms with van der Waals surface area (Å²) in [6.45, 7) is 0.997. The number of para-hydroxylation sites is 1. The van der Waals surface area contributed by atoms with Crippen LogP contribution in [0.25, 0.3) is 10.9 Å². The van der Waals surface area contributed by atoms with Gasteiger partial charge in [0.05, 0.1) is 35.0 Å². The first-order valence-corrected chi connectivity index (χ1v) is 11.8. The van der Waals surface area contributed by atoms with Gasteiger partial charge in [0, 0.05) is 18.5 Å². The first kappa shape index (κ1) is 21.3. The molecular weight excluding hydrogens is 414 g/mol. The van der Waals surface area contributed by atoms with Crippen LogP contribution in [0.1, 0.15) is 36.0 Å². The Balaban J connectivity index is 1.64. The van der Waals surface area contributed by atoms with Crippen molar-refractivity contribution in [2.24, 2.45) is 0 Å². The minimum Gasteiger partial charge on any atom is -0.496 e. The lowest BCUT2D eigenvalue weighted by Crippen LogP contribution is -2.32. The molecule has 8 heteroatoms. The normalized spacial score (nSPS) is 15.4. The number of carbonyl (C=O) groups is 1. The van der Waals surface area contributed by atoms with Gasteiger partial charge in [-0.3, -0.25) is 9.78 Å². The number of fused-ring (bicyclic) bond motifs is 1. The van der Waals surface area contributed by atoms with E-state index in [-0.39, 0.29) is 10.5 Å². The number of anilines is 1. The van der Waals surface area contributed by atoms with Crippen LogP contribution in [0.3, 0.4) is 0 Å². The standard InChI is InChI=1S/C23H25N3O4S/c1-30-22-11-10-19(31(28,29)26-12-6-2-3-7-13-26)15-20(22)23(27)25-18-14-17-8-4-5-9-21(17)24-16-18/h4-5,8-11,14-16H,2-3,6-7,12-13H2,1H3,(H,25,27). The molecule has 0 spiro atoms. The molecule has 1 aliphatic rings. The van der Waals surface area contributed by atoms with Crippen LogP contribution in [0.15, 0.2) is 59.6 Å². The number of nitrogens with zero attached hydrogens (tertiary/aromatic N) is 2. The second-order valence-electron chi connectivity index (χ2n) is 7.55. The summed E-state index contributed by atoms with van der Waals surface area (Å²) in [7, 11) is -2.23. The van der Waals surface area contributed by atoms with Crippen LogP contribution in [0.5, 0.6) is 5.75 Å². The zero-order valence-corrected chi connectivity index (χ0v) is 18.2. The number of aromatic nitrogens is 1. The van der Waals surface area contributed by atoms with E-state index in [1.54, 1.807) is 6.20 Å². The van der Waals surface area contributed by atoms with Crippen molar-refractivity contribution in [3.05, 3.63) is 60.3 Å². The Morgan fingerprint density at radius 3 is 2.52 bits per heavy atom. The molecule has 0 radical (unpaired) electrons. The number of amides is 1.